The molecule has 0 radical (unpaired) electrons. The van der Waals surface area contributed by atoms with E-state index in [-0.39, 0.29) is 0 Å². The zero-order chi connectivity index (χ0) is 14.0. The van der Waals surface area contributed by atoms with Gasteiger partial charge in [-0.05, 0) is 68.5 Å². The van der Waals surface area contributed by atoms with Crippen LogP contribution < -0.4 is 10.4 Å². The number of fused-ring (bicyclic) bond motifs is 7. The molecule has 3 aromatic carbocycles. The molecule has 3 aromatic rings. The topological polar surface area (TPSA) is 0 Å². The second-order valence-electron chi connectivity index (χ2n) is 5.90. The van der Waals surface area contributed by atoms with Gasteiger partial charge in [0, 0.05) is 0 Å². The Morgan fingerprint density at radius 3 is 2.19 bits per heavy atom. The zero-order valence-corrected chi connectivity index (χ0v) is 11.9. The van der Waals surface area contributed by atoms with Gasteiger partial charge < -0.3 is 0 Å². The minimum Gasteiger partial charge on any atom is -0.0616 e. The number of benzene rings is 3. The summed E-state index contributed by atoms with van der Waals surface area (Å²) in [6.45, 7) is 2.19. The normalized spacial score (nSPS) is 12.8. The predicted molar refractivity (Wildman–Crippen MR) is 88.4 cm³/mol. The summed E-state index contributed by atoms with van der Waals surface area (Å²) in [4.78, 5) is 0. The number of rotatable bonds is 0. The van der Waals surface area contributed by atoms with Gasteiger partial charge in [-0.1, -0.05) is 54.6 Å². The van der Waals surface area contributed by atoms with Crippen LogP contribution in [-0.2, 0) is 0 Å². The van der Waals surface area contributed by atoms with Crippen molar-refractivity contribution >= 4 is 12.2 Å². The fourth-order valence-corrected chi connectivity index (χ4v) is 3.69. The van der Waals surface area contributed by atoms with E-state index >= 15 is 0 Å². The molecule has 0 saturated carbocycles. The predicted octanol–water partition coefficient (Wildman–Crippen LogP) is 3.61. The molecule has 0 fully saturated rings. The van der Waals surface area contributed by atoms with Gasteiger partial charge in [-0.25, -0.2) is 0 Å². The fourth-order valence-electron chi connectivity index (χ4n) is 3.69. The molecule has 0 aromatic heterocycles. The van der Waals surface area contributed by atoms with Gasteiger partial charge in [-0.2, -0.15) is 0 Å². The third-order valence-electron chi connectivity index (χ3n) is 4.74. The van der Waals surface area contributed by atoms with E-state index < -0.39 is 0 Å². The van der Waals surface area contributed by atoms with Crippen molar-refractivity contribution in [1.29, 1.82) is 0 Å². The lowest BCUT2D eigenvalue weighted by Crippen LogP contribution is -2.25. The second kappa shape index (κ2) is 3.73. The molecule has 0 aliphatic heterocycles. The van der Waals surface area contributed by atoms with E-state index in [9.17, 15) is 0 Å². The Hall–Kier alpha value is -2.60. The quantitative estimate of drug-likeness (QED) is 0.401. The Bertz CT molecular complexity index is 1040. The molecular formula is C21H14. The van der Waals surface area contributed by atoms with Gasteiger partial charge in [0.1, 0.15) is 0 Å². The fraction of sp³-hybridized carbons (Fsp3) is 0.0476. The van der Waals surface area contributed by atoms with Gasteiger partial charge in [0.15, 0.2) is 0 Å². The lowest BCUT2D eigenvalue weighted by atomic mass is 9.99. The molecule has 98 valence electrons. The van der Waals surface area contributed by atoms with E-state index in [1.165, 1.54) is 49.4 Å². The van der Waals surface area contributed by atoms with Crippen LogP contribution in [0.2, 0.25) is 0 Å². The van der Waals surface area contributed by atoms with E-state index in [2.05, 4.69) is 73.7 Å². The summed E-state index contributed by atoms with van der Waals surface area (Å²) < 4.78 is 0. The molecule has 0 heteroatoms. The van der Waals surface area contributed by atoms with Crippen molar-refractivity contribution < 1.29 is 0 Å². The van der Waals surface area contributed by atoms with Crippen LogP contribution in [0.5, 0.6) is 0 Å². The highest BCUT2D eigenvalue weighted by molar-refractivity contribution is 5.90. The first-order valence-electron chi connectivity index (χ1n) is 7.39. The Morgan fingerprint density at radius 1 is 0.571 bits per heavy atom. The van der Waals surface area contributed by atoms with Crippen LogP contribution >= 0.6 is 0 Å². The molecule has 21 heavy (non-hydrogen) atoms. The molecule has 0 spiro atoms. The van der Waals surface area contributed by atoms with Crippen molar-refractivity contribution in [3.05, 3.63) is 81.7 Å². The Balaban J connectivity index is 1.93. The maximum atomic E-state index is 2.36. The lowest BCUT2D eigenvalue weighted by Gasteiger charge is -2.05. The Labute approximate surface area is 123 Å². The van der Waals surface area contributed by atoms with Crippen LogP contribution in [0, 0.1) is 6.92 Å². The van der Waals surface area contributed by atoms with Crippen LogP contribution in [0.4, 0.5) is 0 Å². The number of hydrogen-bond donors (Lipinski definition) is 0. The molecule has 0 N–H and O–H groups in total. The van der Waals surface area contributed by atoms with Crippen LogP contribution in [-0.4, -0.2) is 0 Å². The Kier molecular flexibility index (Phi) is 1.97. The summed E-state index contributed by atoms with van der Waals surface area (Å²) in [7, 11) is 0. The standard InChI is InChI=1S/C21H14/c1-13-5-4-8-16-18-10-9-17-15-7-3-2-6-14(15)11-20(17)21(18)12-19(13)16/h2-12H,1H3. The third-order valence-corrected chi connectivity index (χ3v) is 4.74. The first kappa shape index (κ1) is 11.1. The molecular weight excluding hydrogens is 252 g/mol. The maximum Gasteiger partial charge on any atom is -0.00925 e. The third kappa shape index (κ3) is 1.34. The average Bonchev–Trinajstić information content (AvgIpc) is 3.06. The van der Waals surface area contributed by atoms with Crippen LogP contribution in [0.25, 0.3) is 34.4 Å². The van der Waals surface area contributed by atoms with E-state index in [1.807, 2.05) is 0 Å². The summed E-state index contributed by atoms with van der Waals surface area (Å²) >= 11 is 0. The van der Waals surface area contributed by atoms with Crippen molar-refractivity contribution in [1.82, 2.24) is 0 Å². The highest BCUT2D eigenvalue weighted by atomic mass is 14.2. The molecule has 2 aliphatic carbocycles. The summed E-state index contributed by atoms with van der Waals surface area (Å²) in [6, 6.07) is 19.8. The van der Waals surface area contributed by atoms with Crippen molar-refractivity contribution in [2.24, 2.45) is 0 Å². The minimum absolute atomic E-state index is 1.34. The van der Waals surface area contributed by atoms with Gasteiger partial charge in [-0.15, -0.1) is 0 Å². The zero-order valence-electron chi connectivity index (χ0n) is 11.9. The first-order chi connectivity index (χ1) is 10.3. The first-order valence-corrected chi connectivity index (χ1v) is 7.39. The molecule has 0 unspecified atom stereocenters. The van der Waals surface area contributed by atoms with Crippen molar-refractivity contribution in [3.63, 3.8) is 0 Å². The molecule has 0 amide bonds. The van der Waals surface area contributed by atoms with E-state index in [1.54, 1.807) is 0 Å². The highest BCUT2D eigenvalue weighted by Gasteiger charge is 2.18. The monoisotopic (exact) mass is 266 g/mol. The van der Waals surface area contributed by atoms with E-state index in [0.717, 1.165) is 0 Å². The van der Waals surface area contributed by atoms with Crippen molar-refractivity contribution in [2.45, 2.75) is 6.92 Å². The Morgan fingerprint density at radius 2 is 1.29 bits per heavy atom. The SMILES string of the molecule is Cc1cccc2c1C=c1c-2ccc2c1=Cc1ccccc1-2. The molecule has 2 aliphatic rings. The summed E-state index contributed by atoms with van der Waals surface area (Å²) in [5, 5.41) is 2.76. The van der Waals surface area contributed by atoms with Crippen LogP contribution in [0.15, 0.2) is 54.6 Å². The molecule has 0 bridgehead atoms. The molecule has 0 saturated heterocycles. The summed E-state index contributed by atoms with van der Waals surface area (Å²) in [5.41, 5.74) is 9.54. The number of aryl methyl sites for hydroxylation is 1. The smallest absolute Gasteiger partial charge is 0.00925 e. The maximum absolute atomic E-state index is 2.36. The molecule has 0 heterocycles. The van der Waals surface area contributed by atoms with Gasteiger partial charge >= 0.3 is 0 Å². The molecule has 5 rings (SSSR count). The van der Waals surface area contributed by atoms with Crippen LogP contribution in [0.1, 0.15) is 16.7 Å². The minimum atomic E-state index is 1.34. The van der Waals surface area contributed by atoms with Gasteiger partial charge in [0.25, 0.3) is 0 Å². The number of hydrogen-bond acceptors (Lipinski definition) is 0. The van der Waals surface area contributed by atoms with Crippen LogP contribution in [0.3, 0.4) is 0 Å². The van der Waals surface area contributed by atoms with E-state index in [0.29, 0.717) is 0 Å². The van der Waals surface area contributed by atoms with Crippen molar-refractivity contribution in [3.8, 4) is 22.3 Å². The second-order valence-corrected chi connectivity index (χ2v) is 5.90. The summed E-state index contributed by atoms with van der Waals surface area (Å²) in [5.74, 6) is 0. The molecule has 0 nitrogen and oxygen atoms in total. The van der Waals surface area contributed by atoms with Gasteiger partial charge in [0.05, 0.1) is 0 Å². The van der Waals surface area contributed by atoms with Gasteiger partial charge in [0.2, 0.25) is 0 Å². The lowest BCUT2D eigenvalue weighted by molar-refractivity contribution is 1.45. The van der Waals surface area contributed by atoms with E-state index in [4.69, 9.17) is 0 Å². The highest BCUT2D eigenvalue weighted by Crippen LogP contribution is 2.31. The molecule has 0 atom stereocenters. The largest absolute Gasteiger partial charge is 0.0616 e. The average molecular weight is 266 g/mol. The van der Waals surface area contributed by atoms with Crippen molar-refractivity contribution in [2.75, 3.05) is 0 Å². The summed E-state index contributed by atoms with van der Waals surface area (Å²) in [6.07, 6.45) is 4.70. The van der Waals surface area contributed by atoms with Gasteiger partial charge in [-0.3, -0.25) is 0 Å².